The zero-order valence-corrected chi connectivity index (χ0v) is 11.0. The molecule has 0 radical (unpaired) electrons. The first-order chi connectivity index (χ1) is 9.28. The Kier molecular flexibility index (Phi) is 2.96. The monoisotopic (exact) mass is 273 g/mol. The minimum atomic E-state index is -0.0694. The summed E-state index contributed by atoms with van der Waals surface area (Å²) in [4.78, 5) is 11.7. The molecule has 19 heavy (non-hydrogen) atoms. The summed E-state index contributed by atoms with van der Waals surface area (Å²) in [6, 6.07) is 7.41. The van der Waals surface area contributed by atoms with Crippen molar-refractivity contribution in [1.29, 1.82) is 0 Å². The minimum absolute atomic E-state index is 0.0694. The molecule has 7 heteroatoms. The van der Waals surface area contributed by atoms with Crippen molar-refractivity contribution in [1.82, 2.24) is 20.0 Å². The van der Waals surface area contributed by atoms with E-state index in [1.807, 2.05) is 18.2 Å². The summed E-state index contributed by atoms with van der Waals surface area (Å²) in [5, 5.41) is 17.4. The van der Waals surface area contributed by atoms with Gasteiger partial charge in [-0.05, 0) is 12.1 Å². The lowest BCUT2D eigenvalue weighted by atomic mass is 10.2. The predicted molar refractivity (Wildman–Crippen MR) is 74.6 cm³/mol. The Morgan fingerprint density at radius 3 is 2.95 bits per heavy atom. The van der Waals surface area contributed by atoms with E-state index in [4.69, 9.17) is 0 Å². The van der Waals surface area contributed by atoms with Crippen LogP contribution in [-0.4, -0.2) is 27.0 Å². The maximum Gasteiger partial charge on any atom is 0.207 e. The van der Waals surface area contributed by atoms with Crippen LogP contribution in [0.15, 0.2) is 35.3 Å². The van der Waals surface area contributed by atoms with Gasteiger partial charge < -0.3 is 5.32 Å². The first-order valence-electron chi connectivity index (χ1n) is 5.73. The third-order valence-electron chi connectivity index (χ3n) is 2.73. The Bertz CT molecular complexity index is 779. The highest BCUT2D eigenvalue weighted by atomic mass is 32.1. The molecule has 3 rings (SSSR count). The predicted octanol–water partition coefficient (Wildman–Crippen LogP) is 1.34. The van der Waals surface area contributed by atoms with E-state index in [1.165, 1.54) is 17.5 Å². The van der Waals surface area contributed by atoms with Crippen molar-refractivity contribution in [2.24, 2.45) is 0 Å². The normalized spacial score (nSPS) is 10.8. The van der Waals surface area contributed by atoms with Crippen LogP contribution in [-0.2, 0) is 6.54 Å². The highest BCUT2D eigenvalue weighted by molar-refractivity contribution is 7.15. The van der Waals surface area contributed by atoms with E-state index in [0.717, 1.165) is 15.7 Å². The molecule has 0 amide bonds. The third kappa shape index (κ3) is 2.19. The molecule has 0 saturated heterocycles. The molecule has 2 heterocycles. The van der Waals surface area contributed by atoms with E-state index < -0.39 is 0 Å². The topological polar surface area (TPSA) is 72.7 Å². The molecular weight excluding hydrogens is 262 g/mol. The smallest absolute Gasteiger partial charge is 0.207 e. The molecule has 2 aromatic heterocycles. The van der Waals surface area contributed by atoms with Gasteiger partial charge in [-0.15, -0.1) is 10.2 Å². The molecular formula is C12H11N5OS. The van der Waals surface area contributed by atoms with Crippen LogP contribution in [0.25, 0.3) is 10.9 Å². The summed E-state index contributed by atoms with van der Waals surface area (Å²) in [6.45, 7) is 0.500. The summed E-state index contributed by atoms with van der Waals surface area (Å²) < 4.78 is 1.76. The lowest BCUT2D eigenvalue weighted by Crippen LogP contribution is -2.12. The number of rotatable bonds is 3. The van der Waals surface area contributed by atoms with Crippen molar-refractivity contribution in [2.75, 3.05) is 12.4 Å². The van der Waals surface area contributed by atoms with E-state index in [0.29, 0.717) is 11.9 Å². The van der Waals surface area contributed by atoms with Gasteiger partial charge in [-0.3, -0.25) is 9.48 Å². The second-order valence-electron chi connectivity index (χ2n) is 3.93. The number of aromatic nitrogens is 4. The van der Waals surface area contributed by atoms with Crippen LogP contribution < -0.4 is 10.7 Å². The van der Waals surface area contributed by atoms with Crippen LogP contribution in [0.4, 0.5) is 5.13 Å². The number of hydrogen-bond donors (Lipinski definition) is 1. The Balaban J connectivity index is 2.06. The second kappa shape index (κ2) is 4.77. The van der Waals surface area contributed by atoms with Gasteiger partial charge in [0.05, 0.1) is 18.3 Å². The molecule has 0 unspecified atom stereocenters. The summed E-state index contributed by atoms with van der Waals surface area (Å²) in [6.07, 6.45) is 1.34. The number of para-hydroxylation sites is 1. The summed E-state index contributed by atoms with van der Waals surface area (Å²) in [7, 11) is 1.80. The maximum absolute atomic E-state index is 11.7. The highest BCUT2D eigenvalue weighted by Gasteiger charge is 2.07. The molecule has 0 fully saturated rings. The molecule has 0 aliphatic heterocycles. The average molecular weight is 273 g/mol. The Hall–Kier alpha value is -2.28. The number of nitrogens with one attached hydrogen (secondary N) is 1. The Morgan fingerprint density at radius 2 is 2.16 bits per heavy atom. The molecule has 0 atom stereocenters. The van der Waals surface area contributed by atoms with E-state index in [1.54, 1.807) is 17.8 Å². The first-order valence-corrected chi connectivity index (χ1v) is 6.54. The largest absolute Gasteiger partial charge is 0.363 e. The molecule has 0 aliphatic carbocycles. The molecule has 6 nitrogen and oxygen atoms in total. The lowest BCUT2D eigenvalue weighted by molar-refractivity contribution is 0.685. The average Bonchev–Trinajstić information content (AvgIpc) is 2.90. The van der Waals surface area contributed by atoms with Crippen molar-refractivity contribution < 1.29 is 0 Å². The summed E-state index contributed by atoms with van der Waals surface area (Å²) in [5.74, 6) is 0. The SMILES string of the molecule is CNc1nnc(Cn2ncc(=O)c3ccccc32)s1. The van der Waals surface area contributed by atoms with Crippen LogP contribution in [0.1, 0.15) is 5.01 Å². The zero-order valence-electron chi connectivity index (χ0n) is 10.2. The Labute approximate surface area is 112 Å². The summed E-state index contributed by atoms with van der Waals surface area (Å²) >= 11 is 1.47. The van der Waals surface area contributed by atoms with Gasteiger partial charge in [0.1, 0.15) is 5.01 Å². The molecule has 0 saturated carbocycles. The quantitative estimate of drug-likeness (QED) is 0.779. The van der Waals surface area contributed by atoms with Gasteiger partial charge in [0, 0.05) is 12.4 Å². The third-order valence-corrected chi connectivity index (χ3v) is 3.65. The standard InChI is InChI=1S/C12H11N5OS/c1-13-12-16-15-11(19-12)7-17-9-5-3-2-4-8(9)10(18)6-14-17/h2-6H,7H2,1H3,(H,13,16). The van der Waals surface area contributed by atoms with Crippen LogP contribution in [0.5, 0.6) is 0 Å². The van der Waals surface area contributed by atoms with Crippen LogP contribution >= 0.6 is 11.3 Å². The van der Waals surface area contributed by atoms with Gasteiger partial charge in [-0.1, -0.05) is 23.5 Å². The molecule has 0 aliphatic rings. The van der Waals surface area contributed by atoms with E-state index in [2.05, 4.69) is 20.6 Å². The van der Waals surface area contributed by atoms with Gasteiger partial charge in [-0.2, -0.15) is 5.10 Å². The van der Waals surface area contributed by atoms with Crippen LogP contribution in [0.2, 0.25) is 0 Å². The number of hydrogen-bond acceptors (Lipinski definition) is 6. The number of fused-ring (bicyclic) bond motifs is 1. The zero-order chi connectivity index (χ0) is 13.2. The van der Waals surface area contributed by atoms with Crippen molar-refractivity contribution in [3.05, 3.63) is 45.7 Å². The fourth-order valence-electron chi connectivity index (χ4n) is 1.83. The van der Waals surface area contributed by atoms with E-state index in [9.17, 15) is 4.79 Å². The van der Waals surface area contributed by atoms with Gasteiger partial charge in [0.15, 0.2) is 0 Å². The van der Waals surface area contributed by atoms with Gasteiger partial charge in [0.25, 0.3) is 0 Å². The van der Waals surface area contributed by atoms with Crippen molar-refractivity contribution in [3.8, 4) is 0 Å². The number of benzene rings is 1. The molecule has 1 aromatic carbocycles. The van der Waals surface area contributed by atoms with Gasteiger partial charge >= 0.3 is 0 Å². The molecule has 1 N–H and O–H groups in total. The second-order valence-corrected chi connectivity index (χ2v) is 5.00. The summed E-state index contributed by atoms with van der Waals surface area (Å²) in [5.41, 5.74) is 0.733. The molecule has 96 valence electrons. The van der Waals surface area contributed by atoms with Gasteiger partial charge in [-0.25, -0.2) is 0 Å². The molecule has 0 bridgehead atoms. The van der Waals surface area contributed by atoms with E-state index in [-0.39, 0.29) is 5.43 Å². The lowest BCUT2D eigenvalue weighted by Gasteiger charge is -2.06. The number of anilines is 1. The maximum atomic E-state index is 11.7. The van der Waals surface area contributed by atoms with Crippen molar-refractivity contribution >= 4 is 27.4 Å². The van der Waals surface area contributed by atoms with E-state index >= 15 is 0 Å². The van der Waals surface area contributed by atoms with Crippen LogP contribution in [0, 0.1) is 0 Å². The first kappa shape index (κ1) is 11.8. The van der Waals surface area contributed by atoms with Crippen molar-refractivity contribution in [2.45, 2.75) is 6.54 Å². The molecule has 3 aromatic rings. The van der Waals surface area contributed by atoms with Crippen LogP contribution in [0.3, 0.4) is 0 Å². The minimum Gasteiger partial charge on any atom is -0.363 e. The van der Waals surface area contributed by atoms with Gasteiger partial charge in [0.2, 0.25) is 10.6 Å². The highest BCUT2D eigenvalue weighted by Crippen LogP contribution is 2.16. The Morgan fingerprint density at radius 1 is 1.32 bits per heavy atom. The fourth-order valence-corrected chi connectivity index (χ4v) is 2.51. The van der Waals surface area contributed by atoms with Crippen molar-refractivity contribution in [3.63, 3.8) is 0 Å². The molecule has 0 spiro atoms. The fraction of sp³-hybridized carbons (Fsp3) is 0.167. The number of nitrogens with zero attached hydrogens (tertiary/aromatic N) is 4.